The predicted molar refractivity (Wildman–Crippen MR) is 39.3 cm³/mol. The first-order valence-corrected chi connectivity index (χ1v) is 3.67. The highest BCUT2D eigenvalue weighted by atomic mass is 16.1. The van der Waals surface area contributed by atoms with E-state index in [1.165, 1.54) is 0 Å². The maximum absolute atomic E-state index is 10.7. The zero-order valence-electron chi connectivity index (χ0n) is 6.21. The summed E-state index contributed by atoms with van der Waals surface area (Å²) in [6.45, 7) is -0.0368. The smallest absolute Gasteiger partial charge is 0.234 e. The van der Waals surface area contributed by atoms with E-state index in [1.54, 1.807) is 0 Å². The summed E-state index contributed by atoms with van der Waals surface area (Å²) >= 11 is 0. The first-order valence-electron chi connectivity index (χ1n) is 3.67. The fourth-order valence-electron chi connectivity index (χ4n) is 0.917. The van der Waals surface area contributed by atoms with Crippen LogP contribution in [-0.4, -0.2) is 18.5 Å². The summed E-state index contributed by atoms with van der Waals surface area (Å²) in [4.78, 5) is 10.7. The third-order valence-corrected chi connectivity index (χ3v) is 1.73. The molecule has 1 aliphatic carbocycles. The lowest BCUT2D eigenvalue weighted by Gasteiger charge is -2.07. The number of rotatable bonds is 3. The molecule has 1 aliphatic rings. The molecule has 4 nitrogen and oxygen atoms in total. The van der Waals surface area contributed by atoms with Crippen molar-refractivity contribution >= 4 is 5.91 Å². The molecule has 0 spiro atoms. The van der Waals surface area contributed by atoms with Gasteiger partial charge in [0.05, 0.1) is 12.6 Å². The largest absolute Gasteiger partial charge is 0.339 e. The minimum Gasteiger partial charge on any atom is -0.339 e. The first-order chi connectivity index (χ1) is 5.27. The predicted octanol–water partition coefficient (Wildman–Crippen LogP) is -0.637. The lowest BCUT2D eigenvalue weighted by Crippen LogP contribution is -2.39. The van der Waals surface area contributed by atoms with Crippen LogP contribution in [0.3, 0.4) is 0 Å². The van der Waals surface area contributed by atoms with Gasteiger partial charge in [0.25, 0.3) is 0 Å². The van der Waals surface area contributed by atoms with Gasteiger partial charge in [0.1, 0.15) is 6.04 Å². The number of nitriles is 1. The SMILES string of the molecule is N#C[C@@H](NC(=O)CN)C1CC1. The second-order valence-corrected chi connectivity index (χ2v) is 2.72. The number of carbonyl (C=O) groups is 1. The van der Waals surface area contributed by atoms with Crippen LogP contribution >= 0.6 is 0 Å². The summed E-state index contributed by atoms with van der Waals surface area (Å²) in [7, 11) is 0. The van der Waals surface area contributed by atoms with E-state index in [1.807, 2.05) is 6.07 Å². The van der Waals surface area contributed by atoms with Gasteiger partial charge in [-0.3, -0.25) is 4.79 Å². The number of carbonyl (C=O) groups excluding carboxylic acids is 1. The van der Waals surface area contributed by atoms with E-state index in [-0.39, 0.29) is 18.5 Å². The van der Waals surface area contributed by atoms with Crippen LogP contribution in [0.4, 0.5) is 0 Å². The fraction of sp³-hybridized carbons (Fsp3) is 0.714. The molecule has 11 heavy (non-hydrogen) atoms. The highest BCUT2D eigenvalue weighted by molar-refractivity contribution is 5.78. The summed E-state index contributed by atoms with van der Waals surface area (Å²) < 4.78 is 0. The van der Waals surface area contributed by atoms with Crippen molar-refractivity contribution in [1.82, 2.24) is 5.32 Å². The number of hydrogen-bond acceptors (Lipinski definition) is 3. The van der Waals surface area contributed by atoms with Crippen LogP contribution in [0.1, 0.15) is 12.8 Å². The molecule has 0 aromatic heterocycles. The van der Waals surface area contributed by atoms with Crippen LogP contribution in [0.15, 0.2) is 0 Å². The molecule has 0 radical (unpaired) electrons. The molecular formula is C7H11N3O. The quantitative estimate of drug-likeness (QED) is 0.566. The van der Waals surface area contributed by atoms with Gasteiger partial charge in [0, 0.05) is 0 Å². The molecule has 1 atom stereocenters. The third-order valence-electron chi connectivity index (χ3n) is 1.73. The van der Waals surface area contributed by atoms with Gasteiger partial charge in [-0.05, 0) is 18.8 Å². The van der Waals surface area contributed by atoms with Crippen LogP contribution in [0.5, 0.6) is 0 Å². The van der Waals surface area contributed by atoms with Gasteiger partial charge in [-0.15, -0.1) is 0 Å². The Kier molecular flexibility index (Phi) is 2.44. The molecule has 60 valence electrons. The zero-order chi connectivity index (χ0) is 8.27. The van der Waals surface area contributed by atoms with E-state index < -0.39 is 0 Å². The van der Waals surface area contributed by atoms with Gasteiger partial charge in [0.15, 0.2) is 0 Å². The Morgan fingerprint density at radius 2 is 2.45 bits per heavy atom. The summed E-state index contributed by atoms with van der Waals surface area (Å²) in [6.07, 6.45) is 2.09. The summed E-state index contributed by atoms with van der Waals surface area (Å²) in [5, 5.41) is 11.1. The molecule has 3 N–H and O–H groups in total. The van der Waals surface area contributed by atoms with Crippen molar-refractivity contribution in [3.63, 3.8) is 0 Å². The zero-order valence-corrected chi connectivity index (χ0v) is 6.21. The van der Waals surface area contributed by atoms with Gasteiger partial charge in [-0.25, -0.2) is 0 Å². The Bertz CT molecular complexity index is 192. The van der Waals surface area contributed by atoms with E-state index in [0.717, 1.165) is 12.8 Å². The van der Waals surface area contributed by atoms with Gasteiger partial charge in [-0.2, -0.15) is 5.26 Å². The van der Waals surface area contributed by atoms with Crippen LogP contribution in [0.2, 0.25) is 0 Å². The number of hydrogen-bond donors (Lipinski definition) is 2. The van der Waals surface area contributed by atoms with Crippen LogP contribution in [-0.2, 0) is 4.79 Å². The molecule has 1 fully saturated rings. The van der Waals surface area contributed by atoms with Crippen molar-refractivity contribution in [1.29, 1.82) is 5.26 Å². The molecule has 4 heteroatoms. The van der Waals surface area contributed by atoms with E-state index in [9.17, 15) is 4.79 Å². The molecule has 0 bridgehead atoms. The van der Waals surface area contributed by atoms with E-state index in [0.29, 0.717) is 5.92 Å². The lowest BCUT2D eigenvalue weighted by molar-refractivity contribution is -0.120. The number of nitrogens with zero attached hydrogens (tertiary/aromatic N) is 1. The summed E-state index contributed by atoms with van der Waals surface area (Å²) in [5.74, 6) is 0.124. The normalized spacial score (nSPS) is 18.5. The molecule has 0 aromatic carbocycles. The first kappa shape index (κ1) is 8.02. The van der Waals surface area contributed by atoms with Crippen LogP contribution in [0, 0.1) is 17.2 Å². The molecule has 0 aromatic rings. The number of nitrogens with two attached hydrogens (primary N) is 1. The van der Waals surface area contributed by atoms with Crippen molar-refractivity contribution in [2.45, 2.75) is 18.9 Å². The fourth-order valence-corrected chi connectivity index (χ4v) is 0.917. The maximum atomic E-state index is 10.7. The highest BCUT2D eigenvalue weighted by Crippen LogP contribution is 2.32. The minimum atomic E-state index is -0.314. The Hall–Kier alpha value is -1.08. The Morgan fingerprint density at radius 1 is 1.82 bits per heavy atom. The van der Waals surface area contributed by atoms with Crippen molar-refractivity contribution in [2.75, 3.05) is 6.54 Å². The Morgan fingerprint density at radius 3 is 2.82 bits per heavy atom. The van der Waals surface area contributed by atoms with Crippen LogP contribution < -0.4 is 11.1 Å². The van der Waals surface area contributed by atoms with Crippen molar-refractivity contribution in [3.8, 4) is 6.07 Å². The standard InChI is InChI=1S/C7H11N3O/c8-3-6(5-1-2-5)10-7(11)4-9/h5-6H,1-2,4,9H2,(H,10,11)/t6-/m1/s1. The molecule has 1 rings (SSSR count). The monoisotopic (exact) mass is 153 g/mol. The van der Waals surface area contributed by atoms with Gasteiger partial charge in [0.2, 0.25) is 5.91 Å². The molecule has 0 aliphatic heterocycles. The lowest BCUT2D eigenvalue weighted by atomic mass is 10.2. The maximum Gasteiger partial charge on any atom is 0.234 e. The van der Waals surface area contributed by atoms with Crippen molar-refractivity contribution < 1.29 is 4.79 Å². The number of nitrogens with one attached hydrogen (secondary N) is 1. The second kappa shape index (κ2) is 3.35. The Balaban J connectivity index is 2.32. The van der Waals surface area contributed by atoms with E-state index in [2.05, 4.69) is 5.32 Å². The second-order valence-electron chi connectivity index (χ2n) is 2.72. The molecule has 0 unspecified atom stereocenters. The Labute approximate surface area is 65.4 Å². The molecule has 0 heterocycles. The molecule has 1 amide bonds. The van der Waals surface area contributed by atoms with Crippen molar-refractivity contribution in [3.05, 3.63) is 0 Å². The van der Waals surface area contributed by atoms with Gasteiger partial charge in [-0.1, -0.05) is 0 Å². The summed E-state index contributed by atoms with van der Waals surface area (Å²) in [5.41, 5.74) is 5.07. The van der Waals surface area contributed by atoms with E-state index >= 15 is 0 Å². The molecule has 1 saturated carbocycles. The van der Waals surface area contributed by atoms with E-state index in [4.69, 9.17) is 11.0 Å². The summed E-state index contributed by atoms with van der Waals surface area (Å²) in [6, 6.07) is 1.73. The molecule has 0 saturated heterocycles. The average molecular weight is 153 g/mol. The number of amides is 1. The molecular weight excluding hydrogens is 142 g/mol. The average Bonchev–Trinajstić information content (AvgIpc) is 2.82. The minimum absolute atomic E-state index is 0.0368. The van der Waals surface area contributed by atoms with Crippen LogP contribution in [0.25, 0.3) is 0 Å². The van der Waals surface area contributed by atoms with Gasteiger partial charge >= 0.3 is 0 Å². The third kappa shape index (κ3) is 2.20. The topological polar surface area (TPSA) is 78.9 Å². The van der Waals surface area contributed by atoms with Crippen molar-refractivity contribution in [2.24, 2.45) is 11.7 Å². The highest BCUT2D eigenvalue weighted by Gasteiger charge is 2.31. The van der Waals surface area contributed by atoms with Gasteiger partial charge < -0.3 is 11.1 Å².